The van der Waals surface area contributed by atoms with Crippen LogP contribution in [0.5, 0.6) is 17.2 Å². The zero-order valence-electron chi connectivity index (χ0n) is 15.6. The maximum Gasteiger partial charge on any atom is 0.573 e. The third-order valence-electron chi connectivity index (χ3n) is 4.53. The summed E-state index contributed by atoms with van der Waals surface area (Å²) < 4.78 is 90.0. The van der Waals surface area contributed by atoms with E-state index in [4.69, 9.17) is 4.74 Å². The van der Waals surface area contributed by atoms with Gasteiger partial charge in [-0.25, -0.2) is 0 Å². The van der Waals surface area contributed by atoms with Crippen LogP contribution in [0.15, 0.2) is 42.5 Å². The van der Waals surface area contributed by atoms with Gasteiger partial charge in [-0.2, -0.15) is 0 Å². The highest BCUT2D eigenvalue weighted by Gasteiger charge is 2.34. The summed E-state index contributed by atoms with van der Waals surface area (Å²) in [5, 5.41) is 3.18. The minimum absolute atomic E-state index is 0.0556. The lowest BCUT2D eigenvalue weighted by atomic mass is 9.99. The normalized spacial score (nSPS) is 15.7. The van der Waals surface area contributed by atoms with Crippen molar-refractivity contribution in [3.05, 3.63) is 42.5 Å². The Balaban J connectivity index is 1.91. The number of nitrogens with one attached hydrogen (secondary N) is 1. The second kappa shape index (κ2) is 9.03. The highest BCUT2D eigenvalue weighted by Crippen LogP contribution is 2.40. The Labute approximate surface area is 168 Å². The number of piperidine rings is 1. The van der Waals surface area contributed by atoms with Crippen molar-refractivity contribution in [2.75, 3.05) is 19.7 Å². The van der Waals surface area contributed by atoms with Crippen LogP contribution in [0.3, 0.4) is 0 Å². The molecule has 0 aliphatic carbocycles. The van der Waals surface area contributed by atoms with E-state index in [9.17, 15) is 26.3 Å². The van der Waals surface area contributed by atoms with Crippen LogP contribution in [0.2, 0.25) is 0 Å². The fourth-order valence-corrected chi connectivity index (χ4v) is 3.17. The van der Waals surface area contributed by atoms with Gasteiger partial charge in [0.1, 0.15) is 5.75 Å². The Bertz CT molecular complexity index is 847. The molecule has 10 heteroatoms. The van der Waals surface area contributed by atoms with Crippen molar-refractivity contribution in [1.29, 1.82) is 0 Å². The van der Waals surface area contributed by atoms with Crippen LogP contribution in [-0.2, 0) is 0 Å². The number of benzene rings is 2. The Morgan fingerprint density at radius 1 is 0.800 bits per heavy atom. The lowest BCUT2D eigenvalue weighted by molar-refractivity contribution is -0.275. The predicted molar refractivity (Wildman–Crippen MR) is 96.3 cm³/mol. The van der Waals surface area contributed by atoms with Gasteiger partial charge in [0.05, 0.1) is 6.61 Å². The van der Waals surface area contributed by atoms with E-state index in [1.54, 1.807) is 0 Å². The molecule has 1 heterocycles. The van der Waals surface area contributed by atoms with Gasteiger partial charge >= 0.3 is 12.7 Å². The third kappa shape index (κ3) is 6.45. The second-order valence-electron chi connectivity index (χ2n) is 6.76. The quantitative estimate of drug-likeness (QED) is 0.606. The first-order valence-corrected chi connectivity index (χ1v) is 9.19. The molecule has 1 aliphatic rings. The topological polar surface area (TPSA) is 39.7 Å². The molecule has 3 rings (SSSR count). The van der Waals surface area contributed by atoms with Crippen molar-refractivity contribution in [2.24, 2.45) is 5.92 Å². The SMILES string of the molecule is FC(F)(F)Oc1ccc(-c2ccccc2OC(F)(F)F)cc1OCC1CCNCC1. The number of hydrogen-bond acceptors (Lipinski definition) is 4. The lowest BCUT2D eigenvalue weighted by Gasteiger charge is -2.23. The molecule has 1 saturated heterocycles. The predicted octanol–water partition coefficient (Wildman–Crippen LogP) is 5.53. The number of para-hydroxylation sites is 1. The average Bonchev–Trinajstić information content (AvgIpc) is 2.66. The molecule has 0 saturated carbocycles. The minimum Gasteiger partial charge on any atom is -0.489 e. The standard InChI is InChI=1S/C20H19F6NO3/c21-19(22,23)29-16-4-2-1-3-15(16)14-5-6-17(30-20(24,25)26)18(11-14)28-12-13-7-9-27-10-8-13/h1-6,11,13,27H,7-10,12H2. The van der Waals surface area contributed by atoms with Crippen LogP contribution in [0.25, 0.3) is 11.1 Å². The van der Waals surface area contributed by atoms with Gasteiger partial charge in [-0.1, -0.05) is 24.3 Å². The maximum atomic E-state index is 12.8. The highest BCUT2D eigenvalue weighted by atomic mass is 19.4. The van der Waals surface area contributed by atoms with Crippen LogP contribution >= 0.6 is 0 Å². The van der Waals surface area contributed by atoms with E-state index in [1.807, 2.05) is 0 Å². The Kier molecular flexibility index (Phi) is 6.64. The Hall–Kier alpha value is -2.62. The summed E-state index contributed by atoms with van der Waals surface area (Å²) in [4.78, 5) is 0. The third-order valence-corrected chi connectivity index (χ3v) is 4.53. The Morgan fingerprint density at radius 3 is 2.10 bits per heavy atom. The Morgan fingerprint density at radius 2 is 1.43 bits per heavy atom. The van der Waals surface area contributed by atoms with Crippen LogP contribution in [-0.4, -0.2) is 32.4 Å². The molecule has 1 aliphatic heterocycles. The molecule has 164 valence electrons. The maximum absolute atomic E-state index is 12.8. The van der Waals surface area contributed by atoms with E-state index in [1.165, 1.54) is 30.3 Å². The molecule has 0 radical (unpaired) electrons. The molecule has 0 spiro atoms. The first-order valence-electron chi connectivity index (χ1n) is 9.19. The first kappa shape index (κ1) is 22.1. The van der Waals surface area contributed by atoms with Crippen LogP contribution < -0.4 is 19.5 Å². The van der Waals surface area contributed by atoms with Crippen molar-refractivity contribution in [2.45, 2.75) is 25.6 Å². The average molecular weight is 435 g/mol. The summed E-state index contributed by atoms with van der Waals surface area (Å²) in [6.45, 7) is 1.73. The van der Waals surface area contributed by atoms with Gasteiger partial charge in [0.25, 0.3) is 0 Å². The molecule has 0 bridgehead atoms. The molecule has 1 N–H and O–H groups in total. The van der Waals surface area contributed by atoms with Gasteiger partial charge in [0.15, 0.2) is 11.5 Å². The van der Waals surface area contributed by atoms with Crippen molar-refractivity contribution in [1.82, 2.24) is 5.32 Å². The van der Waals surface area contributed by atoms with Crippen molar-refractivity contribution in [3.63, 3.8) is 0 Å². The summed E-state index contributed by atoms with van der Waals surface area (Å²) >= 11 is 0. The monoisotopic (exact) mass is 435 g/mol. The number of rotatable bonds is 6. The van der Waals surface area contributed by atoms with Gasteiger partial charge in [0.2, 0.25) is 0 Å². The highest BCUT2D eigenvalue weighted by molar-refractivity contribution is 5.72. The summed E-state index contributed by atoms with van der Waals surface area (Å²) in [5.41, 5.74) is 0.254. The number of alkyl halides is 6. The van der Waals surface area contributed by atoms with E-state index in [0.717, 1.165) is 38.1 Å². The van der Waals surface area contributed by atoms with E-state index in [0.29, 0.717) is 0 Å². The lowest BCUT2D eigenvalue weighted by Crippen LogP contribution is -2.30. The minimum atomic E-state index is -4.94. The summed E-state index contributed by atoms with van der Waals surface area (Å²) in [6.07, 6.45) is -8.25. The summed E-state index contributed by atoms with van der Waals surface area (Å²) in [6, 6.07) is 8.81. The van der Waals surface area contributed by atoms with Gasteiger partial charge in [0, 0.05) is 5.56 Å². The van der Waals surface area contributed by atoms with E-state index in [2.05, 4.69) is 14.8 Å². The van der Waals surface area contributed by atoms with Gasteiger partial charge in [-0.05, 0) is 55.6 Å². The van der Waals surface area contributed by atoms with Crippen LogP contribution in [0.4, 0.5) is 26.3 Å². The fourth-order valence-electron chi connectivity index (χ4n) is 3.17. The van der Waals surface area contributed by atoms with Gasteiger partial charge in [-0.3, -0.25) is 0 Å². The first-order chi connectivity index (χ1) is 14.1. The fraction of sp³-hybridized carbons (Fsp3) is 0.400. The summed E-state index contributed by atoms with van der Waals surface area (Å²) in [7, 11) is 0. The molecule has 1 fully saturated rings. The molecular weight excluding hydrogens is 416 g/mol. The molecule has 0 amide bonds. The van der Waals surface area contributed by atoms with E-state index < -0.39 is 24.2 Å². The molecule has 0 unspecified atom stereocenters. The number of ether oxygens (including phenoxy) is 3. The molecule has 30 heavy (non-hydrogen) atoms. The van der Waals surface area contributed by atoms with Crippen molar-refractivity contribution in [3.8, 4) is 28.4 Å². The van der Waals surface area contributed by atoms with Gasteiger partial charge in [-0.15, -0.1) is 26.3 Å². The number of halogens is 6. The molecule has 2 aromatic carbocycles. The smallest absolute Gasteiger partial charge is 0.489 e. The van der Waals surface area contributed by atoms with Crippen molar-refractivity contribution < 1.29 is 40.6 Å². The van der Waals surface area contributed by atoms with Gasteiger partial charge < -0.3 is 19.5 Å². The zero-order valence-corrected chi connectivity index (χ0v) is 15.6. The number of hydrogen-bond donors (Lipinski definition) is 1. The molecule has 2 aromatic rings. The van der Waals surface area contributed by atoms with Crippen LogP contribution in [0, 0.1) is 5.92 Å². The van der Waals surface area contributed by atoms with Crippen LogP contribution in [0.1, 0.15) is 12.8 Å². The van der Waals surface area contributed by atoms with E-state index >= 15 is 0 Å². The molecular formula is C20H19F6NO3. The largest absolute Gasteiger partial charge is 0.573 e. The van der Waals surface area contributed by atoms with Crippen molar-refractivity contribution >= 4 is 0 Å². The van der Waals surface area contributed by atoms with E-state index in [-0.39, 0.29) is 29.4 Å². The molecule has 0 atom stereocenters. The molecule has 4 nitrogen and oxygen atoms in total. The summed E-state index contributed by atoms with van der Waals surface area (Å²) in [5.74, 6) is -1.09. The second-order valence-corrected chi connectivity index (χ2v) is 6.76. The molecule has 0 aromatic heterocycles. The zero-order chi connectivity index (χ0) is 21.8.